The number of rotatable bonds is 6. The Labute approximate surface area is 212 Å². The summed E-state index contributed by atoms with van der Waals surface area (Å²) in [5, 5.41) is 11.7. The van der Waals surface area contributed by atoms with E-state index >= 15 is 0 Å². The maximum atomic E-state index is 14.2. The number of hydrogen-bond acceptors (Lipinski definition) is 5. The molecule has 2 aromatic heterocycles. The van der Waals surface area contributed by atoms with Gasteiger partial charge in [-0.25, -0.2) is 4.98 Å². The number of alkyl halides is 3. The summed E-state index contributed by atoms with van der Waals surface area (Å²) in [6.45, 7) is 7.62. The Morgan fingerprint density at radius 1 is 1.17 bits per heavy atom. The number of hydrogen-bond donors (Lipinski definition) is 2. The molecule has 5 rings (SSSR count). The van der Waals surface area contributed by atoms with Crippen LogP contribution in [0.2, 0.25) is 0 Å². The first-order valence-corrected chi connectivity index (χ1v) is 13.0. The fraction of sp³-hybridized carbons (Fsp3) is 0.333. The van der Waals surface area contributed by atoms with Crippen LogP contribution in [0.3, 0.4) is 0 Å². The summed E-state index contributed by atoms with van der Waals surface area (Å²) < 4.78 is 42.6. The van der Waals surface area contributed by atoms with Crippen LogP contribution in [0.5, 0.6) is 0 Å². The van der Waals surface area contributed by atoms with Crippen LogP contribution in [0, 0.1) is 6.92 Å². The van der Waals surface area contributed by atoms with Crippen LogP contribution in [0.15, 0.2) is 36.9 Å². The van der Waals surface area contributed by atoms with Gasteiger partial charge in [-0.05, 0) is 55.9 Å². The Kier molecular flexibility index (Phi) is 6.46. The van der Waals surface area contributed by atoms with Gasteiger partial charge in [-0.15, -0.1) is 0 Å². The van der Waals surface area contributed by atoms with Crippen molar-refractivity contribution in [3.63, 3.8) is 0 Å². The third kappa shape index (κ3) is 4.46. The highest BCUT2D eigenvalue weighted by Gasteiger charge is 2.36. The number of benzene rings is 2. The first-order chi connectivity index (χ1) is 17.1. The van der Waals surface area contributed by atoms with Crippen molar-refractivity contribution < 1.29 is 13.2 Å². The van der Waals surface area contributed by atoms with Crippen LogP contribution in [-0.4, -0.2) is 53.0 Å². The van der Waals surface area contributed by atoms with Gasteiger partial charge in [0.05, 0.1) is 22.3 Å². The summed E-state index contributed by atoms with van der Waals surface area (Å²) in [6.07, 6.45) is -3.85. The molecule has 0 saturated carbocycles. The van der Waals surface area contributed by atoms with Gasteiger partial charge in [-0.1, -0.05) is 30.8 Å². The highest BCUT2D eigenvalue weighted by molar-refractivity contribution is 7.98. The number of aromatic amines is 1. The third-order valence-corrected chi connectivity index (χ3v) is 7.61. The molecule has 0 amide bonds. The molecule has 0 atom stereocenters. The zero-order chi connectivity index (χ0) is 25.6. The molecular weight excluding hydrogens is 483 g/mol. The van der Waals surface area contributed by atoms with Crippen molar-refractivity contribution in [2.75, 3.05) is 32.9 Å². The molecule has 36 heavy (non-hydrogen) atoms. The number of nitrogens with one attached hydrogen (secondary N) is 2. The van der Waals surface area contributed by atoms with E-state index in [1.54, 1.807) is 11.8 Å². The Balaban J connectivity index is 1.66. The van der Waals surface area contributed by atoms with Gasteiger partial charge in [0.15, 0.2) is 0 Å². The lowest BCUT2D eigenvalue weighted by molar-refractivity contribution is -0.136. The lowest BCUT2D eigenvalue weighted by Crippen LogP contribution is -2.25. The SMILES string of the molecule is C=C(NCCN(C)C)c1ccc(-c2nc3c(C(F)(F)F)cc4n[nH]c(C)c4c3c3c2CSCC3)cc1. The number of nitrogens with zero attached hydrogens (tertiary/aromatic N) is 3. The van der Waals surface area contributed by atoms with Gasteiger partial charge in [-0.2, -0.15) is 30.0 Å². The maximum absolute atomic E-state index is 14.2. The average Bonchev–Trinajstić information content (AvgIpc) is 3.22. The Bertz CT molecular complexity index is 1460. The summed E-state index contributed by atoms with van der Waals surface area (Å²) in [4.78, 5) is 6.81. The van der Waals surface area contributed by atoms with Crippen LogP contribution < -0.4 is 5.32 Å². The van der Waals surface area contributed by atoms with Crippen LogP contribution in [0.1, 0.15) is 27.9 Å². The minimum absolute atomic E-state index is 0.000937. The van der Waals surface area contributed by atoms with Crippen LogP contribution in [0.4, 0.5) is 13.2 Å². The number of pyridine rings is 1. The van der Waals surface area contributed by atoms with E-state index in [1.807, 2.05) is 45.3 Å². The number of fused-ring (bicyclic) bond motifs is 5. The molecule has 2 aromatic carbocycles. The largest absolute Gasteiger partial charge is 0.418 e. The highest BCUT2D eigenvalue weighted by atomic mass is 32.2. The summed E-state index contributed by atoms with van der Waals surface area (Å²) >= 11 is 1.78. The van der Waals surface area contributed by atoms with Crippen molar-refractivity contribution in [3.05, 3.63) is 64.9 Å². The number of halogens is 3. The van der Waals surface area contributed by atoms with E-state index in [-0.39, 0.29) is 5.52 Å². The predicted octanol–water partition coefficient (Wildman–Crippen LogP) is 6.02. The normalized spacial score (nSPS) is 14.0. The molecule has 0 saturated heterocycles. The quantitative estimate of drug-likeness (QED) is 0.332. The number of likely N-dealkylation sites (N-methyl/N-ethyl adjacent to an activating group) is 1. The lowest BCUT2D eigenvalue weighted by atomic mass is 9.91. The molecule has 0 unspecified atom stereocenters. The lowest BCUT2D eigenvalue weighted by Gasteiger charge is -2.23. The molecular formula is C27H28F3N5S. The van der Waals surface area contributed by atoms with Crippen molar-refractivity contribution >= 4 is 39.3 Å². The topological polar surface area (TPSA) is 56.8 Å². The molecule has 0 radical (unpaired) electrons. The second-order valence-electron chi connectivity index (χ2n) is 9.39. The Hall–Kier alpha value is -3.04. The van der Waals surface area contributed by atoms with Gasteiger partial charge in [0, 0.05) is 46.6 Å². The minimum atomic E-state index is -4.54. The third-order valence-electron chi connectivity index (χ3n) is 6.63. The standard InChI is InChI=1S/C27H28F3N5S/c1-15(31-10-11-35(3)4)17-5-7-18(8-6-17)25-20-14-36-12-9-19(20)24-23-16(2)33-34-22(23)13-21(26(24)32-25)27(28,29)30/h5-8,13,31H,1,9-12,14H2,2-4H3,(H,33,34). The Morgan fingerprint density at radius 3 is 2.61 bits per heavy atom. The first-order valence-electron chi connectivity index (χ1n) is 11.8. The minimum Gasteiger partial charge on any atom is -0.384 e. The van der Waals surface area contributed by atoms with Crippen molar-refractivity contribution in [1.29, 1.82) is 0 Å². The molecule has 188 valence electrons. The van der Waals surface area contributed by atoms with E-state index in [4.69, 9.17) is 4.98 Å². The molecule has 0 fully saturated rings. The second-order valence-corrected chi connectivity index (χ2v) is 10.5. The highest BCUT2D eigenvalue weighted by Crippen LogP contribution is 2.44. The molecule has 5 nitrogen and oxygen atoms in total. The summed E-state index contributed by atoms with van der Waals surface area (Å²) in [7, 11) is 4.02. The predicted molar refractivity (Wildman–Crippen MR) is 142 cm³/mol. The zero-order valence-corrected chi connectivity index (χ0v) is 21.3. The summed E-state index contributed by atoms with van der Waals surface area (Å²) in [5.74, 6) is 1.57. The van der Waals surface area contributed by atoms with Gasteiger partial charge in [0.2, 0.25) is 0 Å². The number of aromatic nitrogens is 3. The van der Waals surface area contributed by atoms with Gasteiger partial charge < -0.3 is 10.2 Å². The zero-order valence-electron chi connectivity index (χ0n) is 20.5. The molecule has 0 bridgehead atoms. The van der Waals surface area contributed by atoms with Crippen molar-refractivity contribution in [2.45, 2.75) is 25.3 Å². The molecule has 9 heteroatoms. The molecule has 1 aliphatic rings. The van der Waals surface area contributed by atoms with Crippen LogP contribution in [0.25, 0.3) is 38.8 Å². The average molecular weight is 512 g/mol. The van der Waals surface area contributed by atoms with Crippen LogP contribution >= 0.6 is 11.8 Å². The van der Waals surface area contributed by atoms with Crippen molar-refractivity contribution in [2.24, 2.45) is 0 Å². The molecule has 1 aliphatic heterocycles. The van der Waals surface area contributed by atoms with Crippen molar-refractivity contribution in [1.82, 2.24) is 25.4 Å². The van der Waals surface area contributed by atoms with E-state index in [9.17, 15) is 13.2 Å². The molecule has 0 aliphatic carbocycles. The summed E-state index contributed by atoms with van der Waals surface area (Å²) in [5.41, 5.74) is 5.47. The van der Waals surface area contributed by atoms with E-state index in [2.05, 4.69) is 27.0 Å². The first kappa shape index (κ1) is 24.6. The van der Waals surface area contributed by atoms with Gasteiger partial charge in [0.25, 0.3) is 0 Å². The van der Waals surface area contributed by atoms with E-state index in [0.29, 0.717) is 28.8 Å². The van der Waals surface area contributed by atoms with Crippen LogP contribution in [-0.2, 0) is 18.3 Å². The van der Waals surface area contributed by atoms with Gasteiger partial charge in [-0.3, -0.25) is 5.10 Å². The molecule has 0 spiro atoms. The number of thioether (sulfide) groups is 1. The fourth-order valence-corrected chi connectivity index (χ4v) is 5.81. The fourth-order valence-electron chi connectivity index (χ4n) is 4.81. The van der Waals surface area contributed by atoms with E-state index in [1.165, 1.54) is 0 Å². The smallest absolute Gasteiger partial charge is 0.384 e. The van der Waals surface area contributed by atoms with E-state index < -0.39 is 11.7 Å². The second kappa shape index (κ2) is 9.44. The summed E-state index contributed by atoms with van der Waals surface area (Å²) in [6, 6.07) is 8.87. The molecule has 2 N–H and O–H groups in total. The van der Waals surface area contributed by atoms with Gasteiger partial charge >= 0.3 is 6.18 Å². The molecule has 4 aromatic rings. The monoisotopic (exact) mass is 511 g/mol. The number of aryl methyl sites for hydroxylation is 2. The molecule has 3 heterocycles. The Morgan fingerprint density at radius 2 is 1.92 bits per heavy atom. The maximum Gasteiger partial charge on any atom is 0.418 e. The van der Waals surface area contributed by atoms with Crippen molar-refractivity contribution in [3.8, 4) is 11.3 Å². The van der Waals surface area contributed by atoms with E-state index in [0.717, 1.165) is 63.9 Å². The van der Waals surface area contributed by atoms with Gasteiger partial charge in [0.1, 0.15) is 0 Å². The number of H-pyrrole nitrogens is 1.